The lowest BCUT2D eigenvalue weighted by atomic mass is 10.2. The SMILES string of the molecule is Nc1ccc(Nc2cc(Cl)cc(Cl)c2)c(F)c1. The van der Waals surface area contributed by atoms with E-state index in [1.54, 1.807) is 30.3 Å². The largest absolute Gasteiger partial charge is 0.399 e. The Kier molecular flexibility index (Phi) is 3.41. The van der Waals surface area contributed by atoms with Gasteiger partial charge in [-0.2, -0.15) is 0 Å². The van der Waals surface area contributed by atoms with Gasteiger partial charge in [-0.15, -0.1) is 0 Å². The number of anilines is 3. The van der Waals surface area contributed by atoms with E-state index in [0.29, 0.717) is 27.1 Å². The fraction of sp³-hybridized carbons (Fsp3) is 0. The summed E-state index contributed by atoms with van der Waals surface area (Å²) in [5.41, 5.74) is 6.77. The number of halogens is 3. The second-order valence-corrected chi connectivity index (χ2v) is 4.40. The molecule has 2 aromatic rings. The summed E-state index contributed by atoms with van der Waals surface area (Å²) >= 11 is 11.7. The third kappa shape index (κ3) is 3.02. The minimum absolute atomic E-state index is 0.317. The van der Waals surface area contributed by atoms with Gasteiger partial charge < -0.3 is 11.1 Å². The molecule has 0 amide bonds. The molecule has 2 nitrogen and oxygen atoms in total. The normalized spacial score (nSPS) is 10.3. The lowest BCUT2D eigenvalue weighted by molar-refractivity contribution is 0.632. The first-order chi connectivity index (χ1) is 8.04. The van der Waals surface area contributed by atoms with Gasteiger partial charge in [0.05, 0.1) is 5.69 Å². The predicted octanol–water partition coefficient (Wildman–Crippen LogP) is 4.46. The van der Waals surface area contributed by atoms with Crippen molar-refractivity contribution in [1.29, 1.82) is 0 Å². The molecule has 0 aromatic heterocycles. The van der Waals surface area contributed by atoms with Crippen molar-refractivity contribution >= 4 is 40.3 Å². The average Bonchev–Trinajstić information content (AvgIpc) is 2.21. The van der Waals surface area contributed by atoms with E-state index in [9.17, 15) is 4.39 Å². The van der Waals surface area contributed by atoms with Gasteiger partial charge in [-0.1, -0.05) is 23.2 Å². The van der Waals surface area contributed by atoms with Gasteiger partial charge in [0.15, 0.2) is 0 Å². The van der Waals surface area contributed by atoms with Gasteiger partial charge in [0.2, 0.25) is 0 Å². The quantitative estimate of drug-likeness (QED) is 0.791. The molecule has 0 heterocycles. The van der Waals surface area contributed by atoms with Gasteiger partial charge in [-0.25, -0.2) is 4.39 Å². The van der Waals surface area contributed by atoms with Crippen molar-refractivity contribution in [3.05, 3.63) is 52.3 Å². The molecule has 88 valence electrons. The maximum absolute atomic E-state index is 13.5. The fourth-order valence-electron chi connectivity index (χ4n) is 1.41. The molecule has 0 aliphatic heterocycles. The zero-order chi connectivity index (χ0) is 12.4. The van der Waals surface area contributed by atoms with Crippen LogP contribution >= 0.6 is 23.2 Å². The lowest BCUT2D eigenvalue weighted by Gasteiger charge is -2.09. The monoisotopic (exact) mass is 270 g/mol. The summed E-state index contributed by atoms with van der Waals surface area (Å²) in [7, 11) is 0. The first-order valence-electron chi connectivity index (χ1n) is 4.83. The van der Waals surface area contributed by atoms with Crippen LogP contribution in [0.2, 0.25) is 10.0 Å². The molecule has 0 aliphatic carbocycles. The summed E-state index contributed by atoms with van der Waals surface area (Å²) in [6, 6.07) is 9.33. The Morgan fingerprint density at radius 3 is 2.24 bits per heavy atom. The second kappa shape index (κ2) is 4.82. The molecule has 17 heavy (non-hydrogen) atoms. The molecule has 3 N–H and O–H groups in total. The summed E-state index contributed by atoms with van der Waals surface area (Å²) in [4.78, 5) is 0. The van der Waals surface area contributed by atoms with E-state index in [1.807, 2.05) is 0 Å². The number of benzene rings is 2. The highest BCUT2D eigenvalue weighted by molar-refractivity contribution is 6.35. The molecule has 2 aromatic carbocycles. The molecule has 0 radical (unpaired) electrons. The number of nitrogens with two attached hydrogens (primary N) is 1. The van der Waals surface area contributed by atoms with Crippen LogP contribution in [0.3, 0.4) is 0 Å². The van der Waals surface area contributed by atoms with E-state index in [2.05, 4.69) is 5.32 Å². The first-order valence-corrected chi connectivity index (χ1v) is 5.58. The molecule has 0 saturated carbocycles. The van der Waals surface area contributed by atoms with E-state index in [1.165, 1.54) is 6.07 Å². The highest BCUT2D eigenvalue weighted by Crippen LogP contribution is 2.27. The molecule has 2 rings (SSSR count). The molecule has 5 heteroatoms. The van der Waals surface area contributed by atoms with Crippen molar-refractivity contribution in [1.82, 2.24) is 0 Å². The Hall–Kier alpha value is -1.45. The van der Waals surface area contributed by atoms with E-state index in [-0.39, 0.29) is 0 Å². The summed E-state index contributed by atoms with van der Waals surface area (Å²) in [6.07, 6.45) is 0. The van der Waals surface area contributed by atoms with Gasteiger partial charge in [0.1, 0.15) is 5.82 Å². The molecule has 0 unspecified atom stereocenters. The Bertz CT molecular complexity index is 538. The fourth-order valence-corrected chi connectivity index (χ4v) is 1.94. The molecule has 0 saturated heterocycles. The molecule has 0 bridgehead atoms. The van der Waals surface area contributed by atoms with E-state index in [0.717, 1.165) is 0 Å². The van der Waals surface area contributed by atoms with Gasteiger partial charge >= 0.3 is 0 Å². The lowest BCUT2D eigenvalue weighted by Crippen LogP contribution is -1.95. The van der Waals surface area contributed by atoms with Crippen LogP contribution in [0, 0.1) is 5.82 Å². The Labute approximate surface area is 108 Å². The van der Waals surface area contributed by atoms with Crippen molar-refractivity contribution < 1.29 is 4.39 Å². The highest BCUT2D eigenvalue weighted by Gasteiger charge is 2.04. The number of hydrogen-bond acceptors (Lipinski definition) is 2. The van der Waals surface area contributed by atoms with Crippen LogP contribution in [0.4, 0.5) is 21.5 Å². The smallest absolute Gasteiger partial charge is 0.148 e. The topological polar surface area (TPSA) is 38.0 Å². The predicted molar refractivity (Wildman–Crippen MR) is 70.6 cm³/mol. The molecule has 0 fully saturated rings. The Balaban J connectivity index is 2.31. The molecule has 0 spiro atoms. The summed E-state index contributed by atoms with van der Waals surface area (Å²) in [6.45, 7) is 0. The van der Waals surface area contributed by atoms with E-state index in [4.69, 9.17) is 28.9 Å². The van der Waals surface area contributed by atoms with Crippen molar-refractivity contribution in [2.75, 3.05) is 11.1 Å². The summed E-state index contributed by atoms with van der Waals surface area (Å²) in [5, 5.41) is 3.85. The van der Waals surface area contributed by atoms with Crippen LogP contribution in [0.25, 0.3) is 0 Å². The number of nitrogen functional groups attached to an aromatic ring is 1. The Morgan fingerprint density at radius 2 is 1.65 bits per heavy atom. The van der Waals surface area contributed by atoms with Crippen LogP contribution in [0.15, 0.2) is 36.4 Å². The summed E-state index contributed by atoms with van der Waals surface area (Å²) < 4.78 is 13.5. The third-order valence-corrected chi connectivity index (χ3v) is 2.57. The molecular weight excluding hydrogens is 262 g/mol. The van der Waals surface area contributed by atoms with Gasteiger partial charge in [0, 0.05) is 21.4 Å². The zero-order valence-electron chi connectivity index (χ0n) is 8.68. The van der Waals surface area contributed by atoms with Gasteiger partial charge in [0.25, 0.3) is 0 Å². The average molecular weight is 271 g/mol. The van der Waals surface area contributed by atoms with Crippen LogP contribution in [0.1, 0.15) is 0 Å². The summed E-state index contributed by atoms with van der Waals surface area (Å²) in [5.74, 6) is -0.430. The molecule has 0 atom stereocenters. The van der Waals surface area contributed by atoms with Crippen molar-refractivity contribution in [3.63, 3.8) is 0 Å². The van der Waals surface area contributed by atoms with Crippen LogP contribution in [-0.2, 0) is 0 Å². The second-order valence-electron chi connectivity index (χ2n) is 3.52. The Morgan fingerprint density at radius 1 is 1.00 bits per heavy atom. The maximum Gasteiger partial charge on any atom is 0.148 e. The molecule has 0 aliphatic rings. The van der Waals surface area contributed by atoms with Crippen LogP contribution in [0.5, 0.6) is 0 Å². The first kappa shape index (κ1) is 12.0. The van der Waals surface area contributed by atoms with Crippen molar-refractivity contribution in [2.45, 2.75) is 0 Å². The number of hydrogen-bond donors (Lipinski definition) is 2. The number of nitrogens with one attached hydrogen (secondary N) is 1. The minimum atomic E-state index is -0.430. The zero-order valence-corrected chi connectivity index (χ0v) is 10.2. The van der Waals surface area contributed by atoms with Crippen LogP contribution < -0.4 is 11.1 Å². The van der Waals surface area contributed by atoms with E-state index < -0.39 is 5.82 Å². The van der Waals surface area contributed by atoms with Crippen molar-refractivity contribution in [2.24, 2.45) is 0 Å². The van der Waals surface area contributed by atoms with Gasteiger partial charge in [-0.3, -0.25) is 0 Å². The number of rotatable bonds is 2. The standard InChI is InChI=1S/C12H9Cl2FN2/c13-7-3-8(14)5-10(4-7)17-12-2-1-9(16)6-11(12)15/h1-6,17H,16H2. The highest BCUT2D eigenvalue weighted by atomic mass is 35.5. The van der Waals surface area contributed by atoms with E-state index >= 15 is 0 Å². The van der Waals surface area contributed by atoms with Crippen molar-refractivity contribution in [3.8, 4) is 0 Å². The van der Waals surface area contributed by atoms with Crippen LogP contribution in [-0.4, -0.2) is 0 Å². The molecular formula is C12H9Cl2FN2. The maximum atomic E-state index is 13.5. The minimum Gasteiger partial charge on any atom is -0.399 e. The van der Waals surface area contributed by atoms with Gasteiger partial charge in [-0.05, 0) is 36.4 Å². The third-order valence-electron chi connectivity index (χ3n) is 2.13.